The molecule has 0 radical (unpaired) electrons. The highest BCUT2D eigenvalue weighted by molar-refractivity contribution is 9.10. The molecule has 1 aromatic heterocycles. The number of nitrogens with zero attached hydrogens (tertiary/aromatic N) is 3. The number of carbonyl (C=O) groups excluding carboxylic acids is 1. The Labute approximate surface area is 157 Å². The van der Waals surface area contributed by atoms with E-state index in [0.717, 1.165) is 32.7 Å². The Balaban J connectivity index is 1.57. The molecule has 0 bridgehead atoms. The summed E-state index contributed by atoms with van der Waals surface area (Å²) in [6.07, 6.45) is 1.52. The number of aromatic nitrogens is 1. The van der Waals surface area contributed by atoms with Crippen molar-refractivity contribution in [3.8, 4) is 0 Å². The van der Waals surface area contributed by atoms with Gasteiger partial charge in [0.05, 0.1) is 12.2 Å². The fourth-order valence-electron chi connectivity index (χ4n) is 3.38. The molecule has 3 heterocycles. The van der Waals surface area contributed by atoms with Gasteiger partial charge >= 0.3 is 5.97 Å². The van der Waals surface area contributed by atoms with Gasteiger partial charge in [-0.25, -0.2) is 4.98 Å². The summed E-state index contributed by atoms with van der Waals surface area (Å²) in [6, 6.07) is 5.89. The Morgan fingerprint density at radius 1 is 1.28 bits per heavy atom. The van der Waals surface area contributed by atoms with Gasteiger partial charge in [-0.3, -0.25) is 14.5 Å². The summed E-state index contributed by atoms with van der Waals surface area (Å²) in [5.74, 6) is -0.899. The zero-order chi connectivity index (χ0) is 17.6. The van der Waals surface area contributed by atoms with Crippen molar-refractivity contribution < 1.29 is 14.7 Å². The predicted octanol–water partition coefficient (Wildman–Crippen LogP) is 2.55. The number of amides is 1. The van der Waals surface area contributed by atoms with Crippen molar-refractivity contribution in [1.29, 1.82) is 0 Å². The van der Waals surface area contributed by atoms with Crippen LogP contribution in [0.15, 0.2) is 22.7 Å². The molecule has 25 heavy (non-hydrogen) atoms. The Hall–Kier alpha value is -1.77. The van der Waals surface area contributed by atoms with E-state index in [1.165, 1.54) is 11.3 Å². The standard InChI is InChI=1S/C17H16BrN3O3S/c18-11-2-1-3-13-10(11)4-7-21(13)17(24)16-19-12-5-6-20(9-15(22)23)8-14(12)25-16/h1-3H,4-9H2,(H,22,23). The fraction of sp³-hybridized carbons (Fsp3) is 0.353. The summed E-state index contributed by atoms with van der Waals surface area (Å²) >= 11 is 4.94. The number of aliphatic carboxylic acids is 1. The summed E-state index contributed by atoms with van der Waals surface area (Å²) < 4.78 is 1.03. The van der Waals surface area contributed by atoms with Gasteiger partial charge in [0.15, 0.2) is 5.01 Å². The van der Waals surface area contributed by atoms with E-state index in [1.54, 1.807) is 4.90 Å². The molecule has 1 N–H and O–H groups in total. The molecule has 2 aromatic rings. The molecule has 0 aliphatic carbocycles. The third kappa shape index (κ3) is 3.09. The van der Waals surface area contributed by atoms with E-state index >= 15 is 0 Å². The number of fused-ring (bicyclic) bond motifs is 2. The molecule has 0 atom stereocenters. The normalized spacial score (nSPS) is 16.6. The number of carboxylic acids is 1. The van der Waals surface area contributed by atoms with Crippen molar-refractivity contribution in [2.24, 2.45) is 0 Å². The zero-order valence-corrected chi connectivity index (χ0v) is 15.8. The van der Waals surface area contributed by atoms with E-state index in [0.29, 0.717) is 31.1 Å². The SMILES string of the molecule is O=C(O)CN1CCc2nc(C(=O)N3CCc4c(Br)cccc43)sc2C1. The van der Waals surface area contributed by atoms with Crippen LogP contribution in [0.2, 0.25) is 0 Å². The van der Waals surface area contributed by atoms with E-state index < -0.39 is 5.97 Å². The third-order valence-electron chi connectivity index (χ3n) is 4.57. The minimum absolute atomic E-state index is 0.0220. The van der Waals surface area contributed by atoms with Gasteiger partial charge in [-0.2, -0.15) is 0 Å². The number of rotatable bonds is 3. The first-order valence-electron chi connectivity index (χ1n) is 8.05. The molecule has 6 nitrogen and oxygen atoms in total. The number of carboxylic acid groups (broad SMARTS) is 1. The Kier molecular flexibility index (Phi) is 4.35. The summed E-state index contributed by atoms with van der Waals surface area (Å²) in [5, 5.41) is 9.44. The second-order valence-electron chi connectivity index (χ2n) is 6.19. The molecule has 1 amide bonds. The first-order chi connectivity index (χ1) is 12.0. The van der Waals surface area contributed by atoms with Crippen molar-refractivity contribution in [3.63, 3.8) is 0 Å². The van der Waals surface area contributed by atoms with Gasteiger partial charge in [-0.05, 0) is 24.1 Å². The summed E-state index contributed by atoms with van der Waals surface area (Å²) in [4.78, 5) is 33.1. The molecule has 0 saturated carbocycles. The summed E-state index contributed by atoms with van der Waals surface area (Å²) in [7, 11) is 0. The highest BCUT2D eigenvalue weighted by Gasteiger charge is 2.30. The molecular weight excluding hydrogens is 406 g/mol. The number of anilines is 1. The third-order valence-corrected chi connectivity index (χ3v) is 6.38. The van der Waals surface area contributed by atoms with E-state index in [9.17, 15) is 9.59 Å². The second kappa shape index (κ2) is 6.51. The Bertz CT molecular complexity index is 867. The Morgan fingerprint density at radius 2 is 2.12 bits per heavy atom. The van der Waals surface area contributed by atoms with Crippen LogP contribution in [-0.4, -0.2) is 46.5 Å². The van der Waals surface area contributed by atoms with Gasteiger partial charge in [0.25, 0.3) is 5.91 Å². The van der Waals surface area contributed by atoms with Crippen LogP contribution < -0.4 is 4.90 Å². The van der Waals surface area contributed by atoms with E-state index in [4.69, 9.17) is 5.11 Å². The van der Waals surface area contributed by atoms with Crippen molar-refractivity contribution in [3.05, 3.63) is 43.8 Å². The van der Waals surface area contributed by atoms with Gasteiger partial charge in [-0.1, -0.05) is 22.0 Å². The van der Waals surface area contributed by atoms with Gasteiger partial charge in [0.1, 0.15) is 0 Å². The molecule has 2 aliphatic rings. The highest BCUT2D eigenvalue weighted by Crippen LogP contribution is 2.35. The minimum atomic E-state index is -0.830. The summed E-state index contributed by atoms with van der Waals surface area (Å²) in [5.41, 5.74) is 3.04. The topological polar surface area (TPSA) is 73.7 Å². The minimum Gasteiger partial charge on any atom is -0.480 e. The molecule has 0 saturated heterocycles. The number of hydrogen-bond donors (Lipinski definition) is 1. The lowest BCUT2D eigenvalue weighted by molar-refractivity contribution is -0.138. The molecule has 4 rings (SSSR count). The average molecular weight is 422 g/mol. The maximum absolute atomic E-state index is 12.9. The number of hydrogen-bond acceptors (Lipinski definition) is 5. The lowest BCUT2D eigenvalue weighted by Crippen LogP contribution is -2.34. The van der Waals surface area contributed by atoms with Crippen molar-refractivity contribution in [1.82, 2.24) is 9.88 Å². The number of benzene rings is 1. The van der Waals surface area contributed by atoms with E-state index in [1.807, 2.05) is 23.1 Å². The molecule has 0 fully saturated rings. The van der Waals surface area contributed by atoms with Crippen LogP contribution in [0.5, 0.6) is 0 Å². The first kappa shape index (κ1) is 16.7. The molecule has 2 aliphatic heterocycles. The lowest BCUT2D eigenvalue weighted by atomic mass is 10.2. The van der Waals surface area contributed by atoms with Crippen LogP contribution in [0.3, 0.4) is 0 Å². The van der Waals surface area contributed by atoms with Crippen molar-refractivity contribution >= 4 is 44.8 Å². The van der Waals surface area contributed by atoms with Gasteiger partial charge in [0.2, 0.25) is 0 Å². The second-order valence-corrected chi connectivity index (χ2v) is 8.13. The van der Waals surface area contributed by atoms with Crippen LogP contribution in [0.4, 0.5) is 5.69 Å². The average Bonchev–Trinajstić information content (AvgIpc) is 3.18. The van der Waals surface area contributed by atoms with E-state index in [-0.39, 0.29) is 12.5 Å². The van der Waals surface area contributed by atoms with Crippen LogP contribution in [0, 0.1) is 0 Å². The summed E-state index contributed by atoms with van der Waals surface area (Å²) in [6.45, 7) is 1.89. The first-order valence-corrected chi connectivity index (χ1v) is 9.66. The number of thiazole rings is 1. The predicted molar refractivity (Wildman–Crippen MR) is 98.3 cm³/mol. The van der Waals surface area contributed by atoms with Crippen LogP contribution in [0.1, 0.15) is 25.9 Å². The lowest BCUT2D eigenvalue weighted by Gasteiger charge is -2.23. The smallest absolute Gasteiger partial charge is 0.317 e. The zero-order valence-electron chi connectivity index (χ0n) is 13.4. The van der Waals surface area contributed by atoms with Crippen LogP contribution >= 0.6 is 27.3 Å². The number of halogens is 1. The quantitative estimate of drug-likeness (QED) is 0.823. The van der Waals surface area contributed by atoms with Crippen LogP contribution in [-0.2, 0) is 24.2 Å². The van der Waals surface area contributed by atoms with E-state index in [2.05, 4.69) is 20.9 Å². The maximum Gasteiger partial charge on any atom is 0.317 e. The number of carbonyl (C=O) groups is 2. The molecule has 1 aromatic carbocycles. The largest absolute Gasteiger partial charge is 0.480 e. The Morgan fingerprint density at radius 3 is 2.92 bits per heavy atom. The fourth-order valence-corrected chi connectivity index (χ4v) is 5.04. The van der Waals surface area contributed by atoms with Crippen molar-refractivity contribution in [2.75, 3.05) is 24.5 Å². The van der Waals surface area contributed by atoms with Gasteiger partial charge in [0, 0.05) is 41.1 Å². The molecular formula is C17H16BrN3O3S. The van der Waals surface area contributed by atoms with Crippen LogP contribution in [0.25, 0.3) is 0 Å². The van der Waals surface area contributed by atoms with Crippen molar-refractivity contribution in [2.45, 2.75) is 19.4 Å². The molecule has 8 heteroatoms. The van der Waals surface area contributed by atoms with Gasteiger partial charge in [-0.15, -0.1) is 11.3 Å². The molecule has 130 valence electrons. The maximum atomic E-state index is 12.9. The monoisotopic (exact) mass is 421 g/mol. The molecule has 0 spiro atoms. The highest BCUT2D eigenvalue weighted by atomic mass is 79.9. The van der Waals surface area contributed by atoms with Gasteiger partial charge < -0.3 is 10.0 Å². The molecule has 0 unspecified atom stereocenters.